The lowest BCUT2D eigenvalue weighted by atomic mass is 9.94. The standard InChI is InChI=1S/C22H27N5O3/c28-22(26-15-13-24(14-16-26)17-18-5-9-23-10-6-18)19-7-11-25(12-8-19)20-3-1-2-4-21(20)27(29)30/h1-6,9-10,19H,7-8,11-17H2/p+1. The van der Waals surface area contributed by atoms with Crippen molar-refractivity contribution < 1.29 is 14.6 Å². The van der Waals surface area contributed by atoms with Crippen LogP contribution in [0.5, 0.6) is 0 Å². The third-order valence-corrected chi connectivity index (χ3v) is 6.25. The molecular formula is C22H28N5O3+. The first-order valence-electron chi connectivity index (χ1n) is 10.6. The van der Waals surface area contributed by atoms with Gasteiger partial charge in [-0.15, -0.1) is 0 Å². The summed E-state index contributed by atoms with van der Waals surface area (Å²) in [5, 5.41) is 11.3. The first-order chi connectivity index (χ1) is 14.6. The Kier molecular flexibility index (Phi) is 6.23. The minimum absolute atomic E-state index is 0.0192. The molecule has 3 heterocycles. The van der Waals surface area contributed by atoms with Crippen LogP contribution in [0.4, 0.5) is 11.4 Å². The van der Waals surface area contributed by atoms with Crippen LogP contribution in [0.15, 0.2) is 48.8 Å². The average molecular weight is 410 g/mol. The van der Waals surface area contributed by atoms with E-state index in [1.807, 2.05) is 28.3 Å². The highest BCUT2D eigenvalue weighted by atomic mass is 16.6. The molecular weight excluding hydrogens is 382 g/mol. The van der Waals surface area contributed by atoms with Gasteiger partial charge in [0.15, 0.2) is 0 Å². The lowest BCUT2D eigenvalue weighted by Gasteiger charge is -2.37. The summed E-state index contributed by atoms with van der Waals surface area (Å²) in [5.41, 5.74) is 2.07. The Labute approximate surface area is 176 Å². The number of aromatic nitrogens is 1. The molecule has 0 aliphatic carbocycles. The normalized spacial score (nSPS) is 18.4. The van der Waals surface area contributed by atoms with Crippen LogP contribution >= 0.6 is 0 Å². The number of rotatable bonds is 5. The molecule has 0 spiro atoms. The van der Waals surface area contributed by atoms with Gasteiger partial charge in [0.05, 0.1) is 31.1 Å². The molecule has 2 aromatic rings. The molecule has 4 rings (SSSR count). The molecule has 8 nitrogen and oxygen atoms in total. The number of hydrogen-bond acceptors (Lipinski definition) is 5. The molecule has 2 fully saturated rings. The number of amides is 1. The molecule has 1 amide bonds. The van der Waals surface area contributed by atoms with Gasteiger partial charge in [-0.25, -0.2) is 0 Å². The molecule has 2 saturated heterocycles. The Hall–Kier alpha value is -3.00. The number of carbonyl (C=O) groups is 1. The average Bonchev–Trinajstić information content (AvgIpc) is 2.80. The molecule has 1 aromatic carbocycles. The fourth-order valence-electron chi connectivity index (χ4n) is 4.52. The maximum Gasteiger partial charge on any atom is 0.292 e. The van der Waals surface area contributed by atoms with Gasteiger partial charge in [-0.1, -0.05) is 12.1 Å². The fourth-order valence-corrected chi connectivity index (χ4v) is 4.52. The van der Waals surface area contributed by atoms with Gasteiger partial charge < -0.3 is 14.7 Å². The Balaban J connectivity index is 1.28. The van der Waals surface area contributed by atoms with Crippen molar-refractivity contribution in [2.45, 2.75) is 19.4 Å². The van der Waals surface area contributed by atoms with Crippen molar-refractivity contribution in [1.29, 1.82) is 0 Å². The van der Waals surface area contributed by atoms with Gasteiger partial charge >= 0.3 is 0 Å². The zero-order chi connectivity index (χ0) is 20.9. The molecule has 30 heavy (non-hydrogen) atoms. The highest BCUT2D eigenvalue weighted by Gasteiger charge is 2.32. The molecule has 1 N–H and O–H groups in total. The maximum absolute atomic E-state index is 13.0. The van der Waals surface area contributed by atoms with E-state index >= 15 is 0 Å². The van der Waals surface area contributed by atoms with Gasteiger partial charge in [-0.3, -0.25) is 19.9 Å². The van der Waals surface area contributed by atoms with Gasteiger partial charge in [0.2, 0.25) is 5.91 Å². The van der Waals surface area contributed by atoms with E-state index in [1.165, 1.54) is 10.5 Å². The molecule has 0 saturated carbocycles. The number of benzene rings is 1. The number of nitrogens with one attached hydrogen (secondary N) is 1. The van der Waals surface area contributed by atoms with Gasteiger partial charge in [0, 0.05) is 43.0 Å². The first-order valence-corrected chi connectivity index (χ1v) is 10.6. The van der Waals surface area contributed by atoms with Crippen LogP contribution < -0.4 is 9.80 Å². The van der Waals surface area contributed by atoms with Crippen molar-refractivity contribution in [3.05, 3.63) is 64.5 Å². The van der Waals surface area contributed by atoms with Crippen LogP contribution in [-0.2, 0) is 11.3 Å². The lowest BCUT2D eigenvalue weighted by molar-refractivity contribution is -0.917. The minimum atomic E-state index is -0.333. The molecule has 0 atom stereocenters. The predicted molar refractivity (Wildman–Crippen MR) is 113 cm³/mol. The number of pyridine rings is 1. The largest absolute Gasteiger partial charge is 0.366 e. The maximum atomic E-state index is 13.0. The topological polar surface area (TPSA) is 84.0 Å². The second-order valence-corrected chi connectivity index (χ2v) is 8.11. The van der Waals surface area contributed by atoms with Crippen LogP contribution in [0.25, 0.3) is 0 Å². The number of nitro groups is 1. The first kappa shape index (κ1) is 20.3. The Morgan fingerprint density at radius 1 is 1.07 bits per heavy atom. The number of anilines is 1. The molecule has 158 valence electrons. The van der Waals surface area contributed by atoms with Gasteiger partial charge in [0.25, 0.3) is 5.69 Å². The van der Waals surface area contributed by atoms with E-state index < -0.39 is 0 Å². The summed E-state index contributed by atoms with van der Waals surface area (Å²) in [6.07, 6.45) is 5.14. The third kappa shape index (κ3) is 4.59. The smallest absolute Gasteiger partial charge is 0.292 e. The molecule has 0 bridgehead atoms. The number of piperazine rings is 1. The molecule has 2 aliphatic rings. The lowest BCUT2D eigenvalue weighted by Crippen LogP contribution is -3.13. The molecule has 1 aromatic heterocycles. The number of quaternary nitrogens is 1. The van der Waals surface area contributed by atoms with Crippen LogP contribution in [0.2, 0.25) is 0 Å². The Morgan fingerprint density at radius 2 is 1.73 bits per heavy atom. The molecule has 0 unspecified atom stereocenters. The second kappa shape index (κ2) is 9.21. The van der Waals surface area contributed by atoms with Crippen LogP contribution in [0, 0.1) is 16.0 Å². The molecule has 0 radical (unpaired) electrons. The number of nitro benzene ring substituents is 1. The quantitative estimate of drug-likeness (QED) is 0.590. The fraction of sp³-hybridized carbons (Fsp3) is 0.455. The number of nitrogens with zero attached hydrogens (tertiary/aromatic N) is 4. The van der Waals surface area contributed by atoms with Crippen molar-refractivity contribution in [2.75, 3.05) is 44.2 Å². The second-order valence-electron chi connectivity index (χ2n) is 8.11. The molecule has 8 heteroatoms. The SMILES string of the molecule is O=C(C1CCN(c2ccccc2[N+](=O)[O-])CC1)N1CC[NH+](Cc2ccncc2)CC1. The summed E-state index contributed by atoms with van der Waals surface area (Å²) in [6.45, 7) is 5.83. The number of hydrogen-bond donors (Lipinski definition) is 1. The van der Waals surface area contributed by atoms with Crippen LogP contribution in [-0.4, -0.2) is 60.0 Å². The highest BCUT2D eigenvalue weighted by Crippen LogP contribution is 2.31. The van der Waals surface area contributed by atoms with Crippen LogP contribution in [0.1, 0.15) is 18.4 Å². The highest BCUT2D eigenvalue weighted by molar-refractivity contribution is 5.79. The van der Waals surface area contributed by atoms with Gasteiger partial charge in [-0.05, 0) is 31.0 Å². The van der Waals surface area contributed by atoms with Gasteiger partial charge in [-0.2, -0.15) is 0 Å². The summed E-state index contributed by atoms with van der Waals surface area (Å²) in [4.78, 5) is 33.6. The van der Waals surface area contributed by atoms with E-state index in [0.29, 0.717) is 18.8 Å². The Bertz CT molecular complexity index is 875. The van der Waals surface area contributed by atoms with Crippen molar-refractivity contribution in [3.8, 4) is 0 Å². The zero-order valence-electron chi connectivity index (χ0n) is 17.1. The summed E-state index contributed by atoms with van der Waals surface area (Å²) in [5.74, 6) is 0.269. The van der Waals surface area contributed by atoms with Gasteiger partial charge in [0.1, 0.15) is 12.2 Å². The number of para-hydroxylation sites is 2. The number of carbonyl (C=O) groups excluding carboxylic acids is 1. The van der Waals surface area contributed by atoms with E-state index in [-0.39, 0.29) is 22.4 Å². The Morgan fingerprint density at radius 3 is 2.40 bits per heavy atom. The summed E-state index contributed by atoms with van der Waals surface area (Å²) in [6, 6.07) is 11.0. The van der Waals surface area contributed by atoms with Crippen LogP contribution in [0.3, 0.4) is 0 Å². The van der Waals surface area contributed by atoms with E-state index in [4.69, 9.17) is 0 Å². The number of piperidine rings is 1. The van der Waals surface area contributed by atoms with E-state index in [9.17, 15) is 14.9 Å². The minimum Gasteiger partial charge on any atom is -0.366 e. The summed E-state index contributed by atoms with van der Waals surface area (Å²) < 4.78 is 0. The zero-order valence-corrected chi connectivity index (χ0v) is 17.1. The van der Waals surface area contributed by atoms with Crippen molar-refractivity contribution in [2.24, 2.45) is 5.92 Å². The monoisotopic (exact) mass is 410 g/mol. The summed E-state index contributed by atoms with van der Waals surface area (Å²) >= 11 is 0. The van der Waals surface area contributed by atoms with E-state index in [0.717, 1.165) is 45.6 Å². The van der Waals surface area contributed by atoms with E-state index in [2.05, 4.69) is 17.1 Å². The molecule has 2 aliphatic heterocycles. The summed E-state index contributed by atoms with van der Waals surface area (Å²) in [7, 11) is 0. The van der Waals surface area contributed by atoms with Crippen molar-refractivity contribution >= 4 is 17.3 Å². The van der Waals surface area contributed by atoms with Crippen molar-refractivity contribution in [1.82, 2.24) is 9.88 Å². The third-order valence-electron chi connectivity index (χ3n) is 6.25. The van der Waals surface area contributed by atoms with Crippen molar-refractivity contribution in [3.63, 3.8) is 0 Å². The predicted octanol–water partition coefficient (Wildman–Crippen LogP) is 1.13. The van der Waals surface area contributed by atoms with E-state index in [1.54, 1.807) is 18.2 Å².